The maximum atomic E-state index is 11.4. The number of rotatable bonds is 3. The van der Waals surface area contributed by atoms with E-state index in [1.165, 1.54) is 11.7 Å². The van der Waals surface area contributed by atoms with Crippen LogP contribution in [0.15, 0.2) is 11.1 Å². The third-order valence-corrected chi connectivity index (χ3v) is 2.71. The van der Waals surface area contributed by atoms with E-state index >= 15 is 0 Å². The van der Waals surface area contributed by atoms with Crippen molar-refractivity contribution in [1.29, 1.82) is 0 Å². The predicted molar refractivity (Wildman–Crippen MR) is 49.2 cm³/mol. The summed E-state index contributed by atoms with van der Waals surface area (Å²) in [7, 11) is -2.37. The van der Waals surface area contributed by atoms with E-state index in [0.717, 1.165) is 6.20 Å². The van der Waals surface area contributed by atoms with Crippen LogP contribution in [0, 0.1) is 0 Å². The Balaban J connectivity index is 3.42. The Hall–Kier alpha value is -1.21. The Morgan fingerprint density at radius 1 is 1.64 bits per heavy atom. The molecule has 7 heteroatoms. The Morgan fingerprint density at radius 2 is 2.21 bits per heavy atom. The van der Waals surface area contributed by atoms with Gasteiger partial charge in [0.1, 0.15) is 10.6 Å². The van der Waals surface area contributed by atoms with E-state index in [4.69, 9.17) is 5.14 Å². The van der Waals surface area contributed by atoms with Crippen LogP contribution < -0.4 is 5.14 Å². The third-order valence-electron chi connectivity index (χ3n) is 1.80. The number of carbonyl (C=O) groups is 1. The molecule has 0 bridgehead atoms. The number of hydrogen-bond acceptors (Lipinski definition) is 4. The van der Waals surface area contributed by atoms with Crippen molar-refractivity contribution < 1.29 is 13.2 Å². The Bertz CT molecular complexity index is 461. The van der Waals surface area contributed by atoms with Gasteiger partial charge in [0.05, 0.1) is 6.20 Å². The third kappa shape index (κ3) is 1.83. The van der Waals surface area contributed by atoms with Gasteiger partial charge in [-0.1, -0.05) is 6.92 Å². The minimum absolute atomic E-state index is 0.0370. The SMILES string of the molecule is CCC(=O)c1c(S(N)(=O)=O)cnn1C. The zero-order chi connectivity index (χ0) is 10.9. The standard InChI is InChI=1S/C7H11N3O3S/c1-3-5(11)7-6(14(8,12)13)4-9-10(7)2/h4H,3H2,1-2H3,(H2,8,12,13). The number of aromatic nitrogens is 2. The summed E-state index contributed by atoms with van der Waals surface area (Å²) in [5.74, 6) is -0.297. The van der Waals surface area contributed by atoms with E-state index in [0.29, 0.717) is 0 Å². The van der Waals surface area contributed by atoms with Crippen molar-refractivity contribution in [2.45, 2.75) is 18.2 Å². The monoisotopic (exact) mass is 217 g/mol. The smallest absolute Gasteiger partial charge is 0.241 e. The number of aryl methyl sites for hydroxylation is 1. The van der Waals surface area contributed by atoms with Gasteiger partial charge >= 0.3 is 0 Å². The summed E-state index contributed by atoms with van der Waals surface area (Å²) in [6.07, 6.45) is 1.29. The van der Waals surface area contributed by atoms with Crippen LogP contribution in [0.3, 0.4) is 0 Å². The molecule has 1 rings (SSSR count). The average molecular weight is 217 g/mol. The lowest BCUT2D eigenvalue weighted by molar-refractivity contribution is 0.0976. The largest absolute Gasteiger partial charge is 0.292 e. The van der Waals surface area contributed by atoms with Gasteiger partial charge in [0.15, 0.2) is 5.78 Å². The molecule has 0 unspecified atom stereocenters. The number of hydrogen-bond donors (Lipinski definition) is 1. The first-order chi connectivity index (χ1) is 6.38. The van der Waals surface area contributed by atoms with Crippen molar-refractivity contribution in [3.05, 3.63) is 11.9 Å². The Kier molecular flexibility index (Phi) is 2.72. The van der Waals surface area contributed by atoms with Crippen LogP contribution in [0.4, 0.5) is 0 Å². The van der Waals surface area contributed by atoms with Gasteiger partial charge in [-0.25, -0.2) is 13.6 Å². The van der Waals surface area contributed by atoms with Crippen molar-refractivity contribution in [2.75, 3.05) is 0 Å². The summed E-state index contributed by atoms with van der Waals surface area (Å²) in [6, 6.07) is 0. The average Bonchev–Trinajstić information content (AvgIpc) is 2.45. The summed E-state index contributed by atoms with van der Waals surface area (Å²) in [5, 5.41) is 8.62. The minimum atomic E-state index is -3.87. The van der Waals surface area contributed by atoms with Crippen molar-refractivity contribution in [3.63, 3.8) is 0 Å². The van der Waals surface area contributed by atoms with Crippen LogP contribution in [-0.2, 0) is 17.1 Å². The summed E-state index contributed by atoms with van der Waals surface area (Å²) in [4.78, 5) is 11.2. The normalized spacial score (nSPS) is 11.6. The molecule has 0 saturated heterocycles. The molecule has 0 aliphatic carbocycles. The molecule has 0 amide bonds. The predicted octanol–water partition coefficient (Wildman–Crippen LogP) is -0.340. The molecule has 1 heterocycles. The molecule has 2 N–H and O–H groups in total. The number of nitrogens with zero attached hydrogens (tertiary/aromatic N) is 2. The zero-order valence-corrected chi connectivity index (χ0v) is 8.71. The first kappa shape index (κ1) is 10.9. The summed E-state index contributed by atoms with van der Waals surface area (Å²) in [5.41, 5.74) is 0.0370. The lowest BCUT2D eigenvalue weighted by atomic mass is 10.2. The van der Waals surface area contributed by atoms with E-state index in [-0.39, 0.29) is 22.8 Å². The van der Waals surface area contributed by atoms with Crippen molar-refractivity contribution in [1.82, 2.24) is 9.78 Å². The summed E-state index contributed by atoms with van der Waals surface area (Å²) < 4.78 is 23.3. The molecular weight excluding hydrogens is 206 g/mol. The van der Waals surface area contributed by atoms with Gasteiger partial charge < -0.3 is 0 Å². The minimum Gasteiger partial charge on any atom is -0.292 e. The summed E-state index contributed by atoms with van der Waals surface area (Å²) in [6.45, 7) is 1.64. The maximum Gasteiger partial charge on any atom is 0.241 e. The second kappa shape index (κ2) is 3.50. The molecule has 0 spiro atoms. The molecule has 0 aromatic carbocycles. The van der Waals surface area contributed by atoms with E-state index in [1.54, 1.807) is 6.92 Å². The molecule has 6 nitrogen and oxygen atoms in total. The highest BCUT2D eigenvalue weighted by Gasteiger charge is 2.22. The first-order valence-electron chi connectivity index (χ1n) is 3.96. The van der Waals surface area contributed by atoms with Crippen LogP contribution in [0.1, 0.15) is 23.8 Å². The van der Waals surface area contributed by atoms with Gasteiger partial charge in [-0.15, -0.1) is 0 Å². The van der Waals surface area contributed by atoms with Gasteiger partial charge in [-0.2, -0.15) is 5.10 Å². The zero-order valence-electron chi connectivity index (χ0n) is 7.89. The lowest BCUT2D eigenvalue weighted by Gasteiger charge is -2.01. The molecule has 1 aromatic rings. The highest BCUT2D eigenvalue weighted by atomic mass is 32.2. The molecule has 0 aliphatic heterocycles. The Morgan fingerprint density at radius 3 is 2.64 bits per heavy atom. The molecule has 0 atom stereocenters. The number of Topliss-reactive ketones (excluding diaryl/α,β-unsaturated/α-hetero) is 1. The van der Waals surface area contributed by atoms with E-state index < -0.39 is 10.0 Å². The van der Waals surface area contributed by atoms with Crippen molar-refractivity contribution in [2.24, 2.45) is 12.2 Å². The van der Waals surface area contributed by atoms with E-state index in [1.807, 2.05) is 0 Å². The van der Waals surface area contributed by atoms with E-state index in [2.05, 4.69) is 5.10 Å². The number of nitrogens with two attached hydrogens (primary N) is 1. The number of carbonyl (C=O) groups excluding carboxylic acids is 1. The maximum absolute atomic E-state index is 11.4. The lowest BCUT2D eigenvalue weighted by Crippen LogP contribution is -2.17. The second-order valence-corrected chi connectivity index (χ2v) is 4.33. The Labute approximate surface area is 81.8 Å². The van der Waals surface area contributed by atoms with Crippen LogP contribution in [0.25, 0.3) is 0 Å². The molecule has 0 fully saturated rings. The van der Waals surface area contributed by atoms with Crippen molar-refractivity contribution >= 4 is 15.8 Å². The fourth-order valence-electron chi connectivity index (χ4n) is 1.11. The topological polar surface area (TPSA) is 95.1 Å². The molecular formula is C7H11N3O3S. The van der Waals surface area contributed by atoms with Crippen LogP contribution in [0.5, 0.6) is 0 Å². The fourth-order valence-corrected chi connectivity index (χ4v) is 1.82. The fraction of sp³-hybridized carbons (Fsp3) is 0.429. The van der Waals surface area contributed by atoms with Gasteiger partial charge in [0.25, 0.3) is 0 Å². The quantitative estimate of drug-likeness (QED) is 0.700. The molecule has 14 heavy (non-hydrogen) atoms. The van der Waals surface area contributed by atoms with Crippen LogP contribution in [-0.4, -0.2) is 24.0 Å². The number of sulfonamides is 1. The van der Waals surface area contributed by atoms with Gasteiger partial charge in [0, 0.05) is 13.5 Å². The highest BCUT2D eigenvalue weighted by Crippen LogP contribution is 2.14. The number of ketones is 1. The first-order valence-corrected chi connectivity index (χ1v) is 5.50. The van der Waals surface area contributed by atoms with Crippen molar-refractivity contribution in [3.8, 4) is 0 Å². The van der Waals surface area contributed by atoms with Gasteiger partial charge in [-0.3, -0.25) is 9.48 Å². The second-order valence-electron chi connectivity index (χ2n) is 2.80. The molecule has 0 saturated carbocycles. The van der Waals surface area contributed by atoms with Crippen LogP contribution in [0.2, 0.25) is 0 Å². The van der Waals surface area contributed by atoms with Gasteiger partial charge in [-0.05, 0) is 0 Å². The van der Waals surface area contributed by atoms with Crippen LogP contribution >= 0.6 is 0 Å². The van der Waals surface area contributed by atoms with E-state index in [9.17, 15) is 13.2 Å². The number of primary sulfonamides is 1. The van der Waals surface area contributed by atoms with Gasteiger partial charge in [0.2, 0.25) is 10.0 Å². The molecule has 78 valence electrons. The molecule has 0 radical (unpaired) electrons. The molecule has 0 aliphatic rings. The summed E-state index contributed by atoms with van der Waals surface area (Å²) >= 11 is 0. The molecule has 1 aromatic heterocycles. The highest BCUT2D eigenvalue weighted by molar-refractivity contribution is 7.89.